The third-order valence-electron chi connectivity index (χ3n) is 2.46. The molecule has 0 saturated heterocycles. The van der Waals surface area contributed by atoms with Crippen molar-refractivity contribution in [2.24, 2.45) is 0 Å². The first-order chi connectivity index (χ1) is 8.31. The quantitative estimate of drug-likeness (QED) is 0.602. The van der Waals surface area contributed by atoms with E-state index in [2.05, 4.69) is 5.16 Å². The van der Waals surface area contributed by atoms with Crippen molar-refractivity contribution in [1.82, 2.24) is 5.16 Å². The van der Waals surface area contributed by atoms with Crippen LogP contribution in [0, 0.1) is 6.92 Å². The Morgan fingerprint density at radius 1 is 1.56 bits per heavy atom. The van der Waals surface area contributed by atoms with Crippen LogP contribution in [-0.4, -0.2) is 11.4 Å². The lowest BCUT2D eigenvalue weighted by molar-refractivity contribution is -0.104. The standard InChI is InChI=1S/C12H15F2NO2S/c1-5-9(6-16)18-8(3)10-7(2)11(17-15-10)12(4,13)14/h5-6,8H,1-4H3/b9-5-/t8-/m1/s1. The molecule has 0 aliphatic heterocycles. The Balaban J connectivity index is 2.98. The van der Waals surface area contributed by atoms with Crippen LogP contribution in [0.3, 0.4) is 0 Å². The predicted octanol–water partition coefficient (Wildman–Crippen LogP) is 3.99. The summed E-state index contributed by atoms with van der Waals surface area (Å²) in [5.74, 6) is -3.47. The molecule has 1 rings (SSSR count). The van der Waals surface area contributed by atoms with Gasteiger partial charge in [0.15, 0.2) is 6.29 Å². The molecular weight excluding hydrogens is 260 g/mol. The molecule has 100 valence electrons. The summed E-state index contributed by atoms with van der Waals surface area (Å²) in [4.78, 5) is 11.2. The van der Waals surface area contributed by atoms with Crippen LogP contribution in [0.5, 0.6) is 0 Å². The Bertz CT molecular complexity index is 463. The largest absolute Gasteiger partial charge is 0.354 e. The van der Waals surface area contributed by atoms with Crippen LogP contribution in [0.2, 0.25) is 0 Å². The van der Waals surface area contributed by atoms with Gasteiger partial charge in [0.25, 0.3) is 0 Å². The van der Waals surface area contributed by atoms with E-state index in [9.17, 15) is 13.6 Å². The van der Waals surface area contributed by atoms with Gasteiger partial charge in [0, 0.05) is 17.4 Å². The number of halogens is 2. The normalized spacial score (nSPS) is 14.7. The van der Waals surface area contributed by atoms with Crippen molar-refractivity contribution >= 4 is 18.0 Å². The van der Waals surface area contributed by atoms with Crippen LogP contribution in [0.15, 0.2) is 15.5 Å². The second-order valence-electron chi connectivity index (χ2n) is 3.98. The zero-order valence-corrected chi connectivity index (χ0v) is 11.5. The number of carbonyl (C=O) groups excluding carboxylic acids is 1. The molecule has 0 radical (unpaired) electrons. The summed E-state index contributed by atoms with van der Waals surface area (Å²) in [6, 6.07) is 0. The second-order valence-corrected chi connectivity index (χ2v) is 5.39. The molecule has 1 aromatic rings. The van der Waals surface area contributed by atoms with Crippen LogP contribution in [-0.2, 0) is 10.7 Å². The number of thioether (sulfide) groups is 1. The fourth-order valence-corrected chi connectivity index (χ4v) is 2.49. The molecule has 3 nitrogen and oxygen atoms in total. The number of aromatic nitrogens is 1. The van der Waals surface area contributed by atoms with Crippen molar-refractivity contribution in [3.63, 3.8) is 0 Å². The highest BCUT2D eigenvalue weighted by Gasteiger charge is 2.34. The van der Waals surface area contributed by atoms with Gasteiger partial charge >= 0.3 is 5.92 Å². The maximum atomic E-state index is 13.2. The maximum Gasteiger partial charge on any atom is 0.304 e. The lowest BCUT2D eigenvalue weighted by atomic mass is 10.1. The van der Waals surface area contributed by atoms with Crippen LogP contribution < -0.4 is 0 Å². The molecule has 0 aliphatic carbocycles. The van der Waals surface area contributed by atoms with Crippen LogP contribution in [0.25, 0.3) is 0 Å². The zero-order chi connectivity index (χ0) is 13.9. The van der Waals surface area contributed by atoms with Crippen molar-refractivity contribution in [3.05, 3.63) is 28.0 Å². The van der Waals surface area contributed by atoms with E-state index in [1.807, 2.05) is 0 Å². The number of nitrogens with zero attached hydrogens (tertiary/aromatic N) is 1. The second kappa shape index (κ2) is 5.65. The molecule has 0 amide bonds. The minimum absolute atomic E-state index is 0.221. The fourth-order valence-electron chi connectivity index (χ4n) is 1.56. The number of aldehydes is 1. The van der Waals surface area contributed by atoms with Gasteiger partial charge in [-0.15, -0.1) is 11.8 Å². The molecule has 0 spiro atoms. The molecule has 0 saturated carbocycles. The topological polar surface area (TPSA) is 43.1 Å². The SMILES string of the molecule is C/C=C(/C=O)S[C@H](C)c1noc(C(C)(F)F)c1C. The third-order valence-corrected chi connectivity index (χ3v) is 3.64. The highest BCUT2D eigenvalue weighted by atomic mass is 32.2. The van der Waals surface area contributed by atoms with Gasteiger partial charge < -0.3 is 4.52 Å². The predicted molar refractivity (Wildman–Crippen MR) is 66.6 cm³/mol. The van der Waals surface area contributed by atoms with E-state index in [-0.39, 0.29) is 5.25 Å². The van der Waals surface area contributed by atoms with Crippen LogP contribution in [0.1, 0.15) is 43.0 Å². The molecule has 0 fully saturated rings. The van der Waals surface area contributed by atoms with E-state index < -0.39 is 11.7 Å². The Kier molecular flexibility index (Phi) is 4.67. The molecular formula is C12H15F2NO2S. The van der Waals surface area contributed by atoms with Crippen molar-refractivity contribution in [1.29, 1.82) is 0 Å². The van der Waals surface area contributed by atoms with Crippen molar-refractivity contribution in [2.45, 2.75) is 38.9 Å². The van der Waals surface area contributed by atoms with Gasteiger partial charge in [0.2, 0.25) is 5.76 Å². The third kappa shape index (κ3) is 3.19. The zero-order valence-electron chi connectivity index (χ0n) is 10.7. The van der Waals surface area contributed by atoms with Gasteiger partial charge in [-0.1, -0.05) is 11.2 Å². The molecule has 0 N–H and O–H groups in total. The molecule has 1 aromatic heterocycles. The van der Waals surface area contributed by atoms with Crippen LogP contribution in [0.4, 0.5) is 8.78 Å². The van der Waals surface area contributed by atoms with E-state index in [1.165, 1.54) is 11.8 Å². The van der Waals surface area contributed by atoms with E-state index in [1.54, 1.807) is 26.8 Å². The van der Waals surface area contributed by atoms with Gasteiger partial charge in [-0.05, 0) is 20.8 Å². The smallest absolute Gasteiger partial charge is 0.304 e. The first kappa shape index (κ1) is 14.9. The number of hydrogen-bond donors (Lipinski definition) is 0. The van der Waals surface area contributed by atoms with Gasteiger partial charge in [-0.2, -0.15) is 8.78 Å². The lowest BCUT2D eigenvalue weighted by Gasteiger charge is -2.09. The van der Waals surface area contributed by atoms with Crippen LogP contribution >= 0.6 is 11.8 Å². The molecule has 1 atom stereocenters. The molecule has 0 aliphatic rings. The Labute approximate surface area is 109 Å². The first-order valence-corrected chi connectivity index (χ1v) is 6.31. The van der Waals surface area contributed by atoms with E-state index in [0.29, 0.717) is 16.2 Å². The molecule has 1 heterocycles. The highest BCUT2D eigenvalue weighted by molar-refractivity contribution is 8.04. The summed E-state index contributed by atoms with van der Waals surface area (Å²) < 4.78 is 31.1. The summed E-state index contributed by atoms with van der Waals surface area (Å²) in [6.45, 7) is 5.85. The van der Waals surface area contributed by atoms with E-state index in [0.717, 1.165) is 13.2 Å². The first-order valence-electron chi connectivity index (χ1n) is 5.43. The minimum atomic E-state index is -3.05. The van der Waals surface area contributed by atoms with E-state index in [4.69, 9.17) is 4.52 Å². The lowest BCUT2D eigenvalue weighted by Crippen LogP contribution is -2.07. The number of hydrogen-bond acceptors (Lipinski definition) is 4. The summed E-state index contributed by atoms with van der Waals surface area (Å²) in [5.41, 5.74) is 0.779. The number of carbonyl (C=O) groups is 1. The van der Waals surface area contributed by atoms with Gasteiger partial charge in [0.05, 0.1) is 10.9 Å². The molecule has 0 aromatic carbocycles. The van der Waals surface area contributed by atoms with E-state index >= 15 is 0 Å². The average molecular weight is 275 g/mol. The minimum Gasteiger partial charge on any atom is -0.354 e. The molecule has 18 heavy (non-hydrogen) atoms. The van der Waals surface area contributed by atoms with Crippen molar-refractivity contribution in [2.75, 3.05) is 0 Å². The highest BCUT2D eigenvalue weighted by Crippen LogP contribution is 2.38. The molecule has 0 unspecified atom stereocenters. The average Bonchev–Trinajstić information content (AvgIpc) is 2.67. The summed E-state index contributed by atoms with van der Waals surface area (Å²) in [7, 11) is 0. The number of rotatable bonds is 5. The molecule has 0 bridgehead atoms. The fraction of sp³-hybridized carbons (Fsp3) is 0.500. The Morgan fingerprint density at radius 2 is 2.17 bits per heavy atom. The Hall–Kier alpha value is -1.17. The summed E-state index contributed by atoms with van der Waals surface area (Å²) in [6.07, 6.45) is 2.39. The van der Waals surface area contributed by atoms with Gasteiger partial charge in [-0.3, -0.25) is 4.79 Å². The van der Waals surface area contributed by atoms with Gasteiger partial charge in [-0.25, -0.2) is 0 Å². The van der Waals surface area contributed by atoms with Crippen molar-refractivity contribution in [3.8, 4) is 0 Å². The van der Waals surface area contributed by atoms with Crippen molar-refractivity contribution < 1.29 is 18.1 Å². The summed E-state index contributed by atoms with van der Waals surface area (Å²) >= 11 is 1.26. The Morgan fingerprint density at radius 3 is 2.56 bits per heavy atom. The summed E-state index contributed by atoms with van der Waals surface area (Å²) in [5, 5.41) is 3.46. The molecule has 6 heteroatoms. The number of allylic oxidation sites excluding steroid dienone is 2. The maximum absolute atomic E-state index is 13.2. The van der Waals surface area contributed by atoms with Gasteiger partial charge in [0.1, 0.15) is 0 Å². The monoisotopic (exact) mass is 275 g/mol. The number of alkyl halides is 2.